The Labute approximate surface area is 134 Å². The molecule has 3 rings (SSSR count). The van der Waals surface area contributed by atoms with Gasteiger partial charge in [-0.15, -0.1) is 0 Å². The van der Waals surface area contributed by atoms with Crippen LogP contribution in [-0.4, -0.2) is 24.7 Å². The van der Waals surface area contributed by atoms with Crippen molar-refractivity contribution >= 4 is 11.6 Å². The number of ether oxygens (including phenoxy) is 1. The van der Waals surface area contributed by atoms with Crippen molar-refractivity contribution in [3.8, 4) is 11.8 Å². The molecule has 0 spiro atoms. The van der Waals surface area contributed by atoms with Crippen LogP contribution < -0.4 is 9.64 Å². The first kappa shape index (κ1) is 15.1. The molecule has 0 bridgehead atoms. The molecule has 1 unspecified atom stereocenters. The number of methoxy groups -OCH3 is 1. The number of aliphatic hydroxyl groups is 1. The van der Waals surface area contributed by atoms with E-state index in [9.17, 15) is 9.90 Å². The Hall–Kier alpha value is -2.84. The van der Waals surface area contributed by atoms with Crippen LogP contribution in [0.2, 0.25) is 0 Å². The maximum atomic E-state index is 12.8. The van der Waals surface area contributed by atoms with E-state index in [1.807, 2.05) is 6.07 Å². The average molecular weight is 308 g/mol. The number of rotatable bonds is 2. The molecule has 2 aromatic rings. The van der Waals surface area contributed by atoms with Crippen LogP contribution in [0, 0.1) is 11.3 Å². The van der Waals surface area contributed by atoms with Crippen molar-refractivity contribution in [2.45, 2.75) is 12.5 Å². The Morgan fingerprint density at radius 1 is 1.35 bits per heavy atom. The van der Waals surface area contributed by atoms with Gasteiger partial charge < -0.3 is 14.7 Å². The van der Waals surface area contributed by atoms with Gasteiger partial charge in [-0.2, -0.15) is 5.26 Å². The molecule has 116 valence electrons. The largest absolute Gasteiger partial charge is 0.497 e. The second-order valence-electron chi connectivity index (χ2n) is 5.38. The van der Waals surface area contributed by atoms with Crippen molar-refractivity contribution in [1.82, 2.24) is 0 Å². The van der Waals surface area contributed by atoms with E-state index in [4.69, 9.17) is 10.00 Å². The van der Waals surface area contributed by atoms with E-state index in [0.717, 1.165) is 0 Å². The van der Waals surface area contributed by atoms with E-state index in [1.165, 1.54) is 0 Å². The number of aliphatic hydroxyl groups excluding tert-OH is 1. The number of carbonyl (C=O) groups is 1. The molecule has 1 amide bonds. The van der Waals surface area contributed by atoms with E-state index in [0.29, 0.717) is 41.1 Å². The molecule has 23 heavy (non-hydrogen) atoms. The smallest absolute Gasteiger partial charge is 0.258 e. The summed E-state index contributed by atoms with van der Waals surface area (Å²) < 4.78 is 5.19. The highest BCUT2D eigenvalue weighted by Gasteiger charge is 2.28. The third-order valence-corrected chi connectivity index (χ3v) is 3.99. The molecule has 1 aliphatic heterocycles. The number of nitriles is 1. The van der Waals surface area contributed by atoms with Crippen LogP contribution in [0.3, 0.4) is 0 Å². The fourth-order valence-corrected chi connectivity index (χ4v) is 2.79. The van der Waals surface area contributed by atoms with Crippen LogP contribution >= 0.6 is 0 Å². The maximum absolute atomic E-state index is 12.8. The van der Waals surface area contributed by atoms with Crippen LogP contribution in [0.5, 0.6) is 5.75 Å². The van der Waals surface area contributed by atoms with E-state index in [-0.39, 0.29) is 5.91 Å². The van der Waals surface area contributed by atoms with Gasteiger partial charge in [0.1, 0.15) is 5.75 Å². The van der Waals surface area contributed by atoms with Crippen LogP contribution in [0.4, 0.5) is 5.69 Å². The van der Waals surface area contributed by atoms with Gasteiger partial charge in [-0.05, 0) is 42.8 Å². The molecule has 0 aliphatic carbocycles. The summed E-state index contributed by atoms with van der Waals surface area (Å²) in [6, 6.07) is 14.0. The highest BCUT2D eigenvalue weighted by atomic mass is 16.5. The van der Waals surface area contributed by atoms with Gasteiger partial charge in [-0.25, -0.2) is 0 Å². The standard InChI is InChI=1S/C18H16N2O3/c1-23-14-5-6-16-15(10-14)17(21)7-8-20(16)18(22)13-4-2-3-12(9-13)11-19/h2-6,9-10,17,21H,7-8H2,1H3. The zero-order valence-electron chi connectivity index (χ0n) is 12.7. The Morgan fingerprint density at radius 2 is 2.17 bits per heavy atom. The molecule has 0 saturated carbocycles. The summed E-state index contributed by atoms with van der Waals surface area (Å²) in [4.78, 5) is 14.4. The Balaban J connectivity index is 2.00. The molecule has 1 atom stereocenters. The second kappa shape index (κ2) is 6.11. The van der Waals surface area contributed by atoms with E-state index in [1.54, 1.807) is 54.5 Å². The number of anilines is 1. The monoisotopic (exact) mass is 308 g/mol. The minimum atomic E-state index is -0.616. The summed E-state index contributed by atoms with van der Waals surface area (Å²) in [5.74, 6) is 0.462. The minimum absolute atomic E-state index is 0.180. The molecule has 5 heteroatoms. The van der Waals surface area contributed by atoms with E-state index in [2.05, 4.69) is 0 Å². The first-order valence-corrected chi connectivity index (χ1v) is 7.32. The summed E-state index contributed by atoms with van der Waals surface area (Å²) in [5, 5.41) is 19.2. The molecule has 5 nitrogen and oxygen atoms in total. The molecule has 0 radical (unpaired) electrons. The third-order valence-electron chi connectivity index (χ3n) is 3.99. The summed E-state index contributed by atoms with van der Waals surface area (Å²) in [6.07, 6.45) is -0.154. The normalized spacial score (nSPS) is 16.4. The number of benzene rings is 2. The number of nitrogens with zero attached hydrogens (tertiary/aromatic N) is 2. The van der Waals surface area contributed by atoms with Gasteiger partial charge in [0.05, 0.1) is 30.5 Å². The number of amides is 1. The Kier molecular flexibility index (Phi) is 4.00. The van der Waals surface area contributed by atoms with Crippen LogP contribution in [0.25, 0.3) is 0 Å². The van der Waals surface area contributed by atoms with Gasteiger partial charge in [0.15, 0.2) is 0 Å². The SMILES string of the molecule is COc1ccc2c(c1)C(O)CCN2C(=O)c1cccc(C#N)c1. The fraction of sp³-hybridized carbons (Fsp3) is 0.222. The van der Waals surface area contributed by atoms with Gasteiger partial charge >= 0.3 is 0 Å². The number of hydrogen-bond acceptors (Lipinski definition) is 4. The topological polar surface area (TPSA) is 73.6 Å². The predicted octanol–water partition coefficient (Wildman–Crippen LogP) is 2.65. The first-order valence-electron chi connectivity index (χ1n) is 7.32. The second-order valence-corrected chi connectivity index (χ2v) is 5.38. The van der Waals surface area contributed by atoms with Crippen molar-refractivity contribution in [1.29, 1.82) is 5.26 Å². The lowest BCUT2D eigenvalue weighted by molar-refractivity contribution is 0.0970. The lowest BCUT2D eigenvalue weighted by Gasteiger charge is -2.32. The summed E-state index contributed by atoms with van der Waals surface area (Å²) in [6.45, 7) is 0.427. The Morgan fingerprint density at radius 3 is 2.91 bits per heavy atom. The van der Waals surface area contributed by atoms with Gasteiger partial charge in [-0.1, -0.05) is 6.07 Å². The minimum Gasteiger partial charge on any atom is -0.497 e. The van der Waals surface area contributed by atoms with E-state index >= 15 is 0 Å². The van der Waals surface area contributed by atoms with Gasteiger partial charge in [-0.3, -0.25) is 4.79 Å². The highest BCUT2D eigenvalue weighted by Crippen LogP contribution is 2.36. The molecule has 0 fully saturated rings. The Bertz CT molecular complexity index is 795. The van der Waals surface area contributed by atoms with Gasteiger partial charge in [0.2, 0.25) is 0 Å². The molecule has 0 saturated heterocycles. The molecule has 1 heterocycles. The third kappa shape index (κ3) is 2.77. The zero-order valence-corrected chi connectivity index (χ0v) is 12.7. The quantitative estimate of drug-likeness (QED) is 0.925. The van der Waals surface area contributed by atoms with E-state index < -0.39 is 6.10 Å². The molecule has 0 aromatic heterocycles. The summed E-state index contributed by atoms with van der Waals surface area (Å²) in [7, 11) is 1.56. The van der Waals surface area contributed by atoms with Gasteiger partial charge in [0, 0.05) is 17.7 Å². The number of hydrogen-bond donors (Lipinski definition) is 1. The maximum Gasteiger partial charge on any atom is 0.258 e. The van der Waals surface area contributed by atoms with Crippen molar-refractivity contribution < 1.29 is 14.6 Å². The van der Waals surface area contributed by atoms with Gasteiger partial charge in [0.25, 0.3) is 5.91 Å². The van der Waals surface area contributed by atoms with Crippen LogP contribution in [0.1, 0.15) is 34.0 Å². The molecular weight excluding hydrogens is 292 g/mol. The first-order chi connectivity index (χ1) is 11.1. The van der Waals surface area contributed by atoms with Crippen molar-refractivity contribution in [3.05, 3.63) is 59.2 Å². The fourth-order valence-electron chi connectivity index (χ4n) is 2.79. The summed E-state index contributed by atoms with van der Waals surface area (Å²) in [5.41, 5.74) is 2.27. The van der Waals surface area contributed by atoms with Crippen molar-refractivity contribution in [3.63, 3.8) is 0 Å². The molecule has 2 aromatic carbocycles. The number of carbonyl (C=O) groups excluding carboxylic acids is 1. The van der Waals surface area contributed by atoms with Crippen LogP contribution in [0.15, 0.2) is 42.5 Å². The van der Waals surface area contributed by atoms with Crippen molar-refractivity contribution in [2.75, 3.05) is 18.6 Å². The average Bonchev–Trinajstić information content (AvgIpc) is 2.61. The summed E-state index contributed by atoms with van der Waals surface area (Å²) >= 11 is 0. The number of fused-ring (bicyclic) bond motifs is 1. The molecule has 1 aliphatic rings. The lowest BCUT2D eigenvalue weighted by Crippen LogP contribution is -2.36. The zero-order chi connectivity index (χ0) is 16.4. The molecule has 1 N–H and O–H groups in total. The van der Waals surface area contributed by atoms with Crippen molar-refractivity contribution in [2.24, 2.45) is 0 Å². The lowest BCUT2D eigenvalue weighted by atomic mass is 9.97. The van der Waals surface area contributed by atoms with Crippen LogP contribution in [-0.2, 0) is 0 Å². The molecular formula is C18H16N2O3. The highest BCUT2D eigenvalue weighted by molar-refractivity contribution is 6.07. The predicted molar refractivity (Wildman–Crippen MR) is 85.4 cm³/mol.